The summed E-state index contributed by atoms with van der Waals surface area (Å²) >= 11 is 0. The minimum Gasteiger partial charge on any atom is -0.351 e. The molecule has 0 aliphatic rings. The Hall–Kier alpha value is -1.54. The quantitative estimate of drug-likeness (QED) is 0.752. The van der Waals surface area contributed by atoms with E-state index in [2.05, 4.69) is 65.5 Å². The third kappa shape index (κ3) is 3.46. The molecule has 1 N–H and O–H groups in total. The van der Waals surface area contributed by atoms with Crippen LogP contribution >= 0.6 is 0 Å². The van der Waals surface area contributed by atoms with Gasteiger partial charge in [0.15, 0.2) is 0 Å². The zero-order valence-corrected chi connectivity index (χ0v) is 10.4. The van der Waals surface area contributed by atoms with Gasteiger partial charge in [-0.2, -0.15) is 0 Å². The maximum absolute atomic E-state index is 3.49. The van der Waals surface area contributed by atoms with E-state index in [9.17, 15) is 0 Å². The van der Waals surface area contributed by atoms with Gasteiger partial charge in [0.25, 0.3) is 0 Å². The van der Waals surface area contributed by atoms with Gasteiger partial charge in [0, 0.05) is 25.0 Å². The van der Waals surface area contributed by atoms with E-state index in [4.69, 9.17) is 0 Å². The normalized spacial score (nSPS) is 10.6. The highest BCUT2D eigenvalue weighted by Crippen LogP contribution is 2.02. The maximum atomic E-state index is 3.49. The van der Waals surface area contributed by atoms with Crippen molar-refractivity contribution in [3.63, 3.8) is 0 Å². The van der Waals surface area contributed by atoms with Crippen LogP contribution in [0.3, 0.4) is 0 Å². The van der Waals surface area contributed by atoms with Gasteiger partial charge in [-0.15, -0.1) is 0 Å². The molecule has 0 unspecified atom stereocenters. The van der Waals surface area contributed by atoms with Crippen molar-refractivity contribution in [2.24, 2.45) is 0 Å². The van der Waals surface area contributed by atoms with Crippen LogP contribution in [-0.4, -0.2) is 11.1 Å². The summed E-state index contributed by atoms with van der Waals surface area (Å²) in [5.74, 6) is 0. The molecule has 90 valence electrons. The number of hydrogen-bond acceptors (Lipinski definition) is 1. The first-order valence-corrected chi connectivity index (χ1v) is 6.29. The van der Waals surface area contributed by atoms with Crippen molar-refractivity contribution in [1.82, 2.24) is 9.88 Å². The monoisotopic (exact) mass is 228 g/mol. The number of aryl methyl sites for hydroxylation is 1. The molecule has 0 aliphatic heterocycles. The molecule has 1 heterocycles. The van der Waals surface area contributed by atoms with Crippen LogP contribution in [0.5, 0.6) is 0 Å². The Morgan fingerprint density at radius 2 is 1.88 bits per heavy atom. The molecular weight excluding hydrogens is 208 g/mol. The fraction of sp³-hybridized carbons (Fsp3) is 0.333. The van der Waals surface area contributed by atoms with Crippen LogP contribution in [0.25, 0.3) is 0 Å². The molecule has 17 heavy (non-hydrogen) atoms. The van der Waals surface area contributed by atoms with Gasteiger partial charge in [-0.05, 0) is 37.6 Å². The second kappa shape index (κ2) is 6.26. The van der Waals surface area contributed by atoms with Gasteiger partial charge in [-0.1, -0.05) is 30.3 Å². The Morgan fingerprint density at radius 1 is 1.06 bits per heavy atom. The van der Waals surface area contributed by atoms with E-state index in [1.807, 2.05) is 0 Å². The number of hydrogen-bond donors (Lipinski definition) is 1. The molecule has 2 nitrogen and oxygen atoms in total. The molecule has 0 fully saturated rings. The first-order chi connectivity index (χ1) is 8.40. The van der Waals surface area contributed by atoms with Crippen molar-refractivity contribution in [1.29, 1.82) is 0 Å². The SMILES string of the molecule is CCn1cccc1CNCCc1ccccc1. The van der Waals surface area contributed by atoms with Crippen molar-refractivity contribution in [3.05, 3.63) is 59.9 Å². The van der Waals surface area contributed by atoms with Gasteiger partial charge in [0.05, 0.1) is 0 Å². The molecule has 2 aromatic rings. The minimum absolute atomic E-state index is 0.952. The third-order valence-corrected chi connectivity index (χ3v) is 3.00. The molecule has 0 saturated carbocycles. The molecule has 2 heteroatoms. The van der Waals surface area contributed by atoms with Crippen molar-refractivity contribution < 1.29 is 0 Å². The Kier molecular flexibility index (Phi) is 4.39. The summed E-state index contributed by atoms with van der Waals surface area (Å²) in [6.45, 7) is 5.20. The second-order valence-electron chi connectivity index (χ2n) is 4.20. The molecule has 0 atom stereocenters. The van der Waals surface area contributed by atoms with Crippen LogP contribution < -0.4 is 5.32 Å². The van der Waals surface area contributed by atoms with Crippen molar-refractivity contribution in [2.45, 2.75) is 26.4 Å². The van der Waals surface area contributed by atoms with Crippen molar-refractivity contribution in [2.75, 3.05) is 6.54 Å². The van der Waals surface area contributed by atoms with Gasteiger partial charge < -0.3 is 9.88 Å². The topological polar surface area (TPSA) is 17.0 Å². The highest BCUT2D eigenvalue weighted by Gasteiger charge is 1.98. The smallest absolute Gasteiger partial charge is 0.0359 e. The van der Waals surface area contributed by atoms with Crippen LogP contribution in [0.2, 0.25) is 0 Å². The first kappa shape index (κ1) is 11.9. The standard InChI is InChI=1S/C15H20N2/c1-2-17-12-6-9-15(17)13-16-11-10-14-7-4-3-5-8-14/h3-9,12,16H,2,10-11,13H2,1H3. The van der Waals surface area contributed by atoms with Crippen LogP contribution in [-0.2, 0) is 19.5 Å². The summed E-state index contributed by atoms with van der Waals surface area (Å²) in [7, 11) is 0. The Labute approximate surface area is 103 Å². The zero-order valence-electron chi connectivity index (χ0n) is 10.4. The van der Waals surface area contributed by atoms with E-state index in [0.717, 1.165) is 26.1 Å². The van der Waals surface area contributed by atoms with Crippen LogP contribution in [0.1, 0.15) is 18.2 Å². The summed E-state index contributed by atoms with van der Waals surface area (Å²) in [5.41, 5.74) is 2.76. The predicted octanol–water partition coefficient (Wildman–Crippen LogP) is 2.84. The zero-order chi connectivity index (χ0) is 11.9. The Bertz CT molecular complexity index is 431. The lowest BCUT2D eigenvalue weighted by atomic mass is 10.1. The van der Waals surface area contributed by atoms with E-state index in [1.165, 1.54) is 11.3 Å². The fourth-order valence-electron chi connectivity index (χ4n) is 2.01. The van der Waals surface area contributed by atoms with Crippen LogP contribution in [0.4, 0.5) is 0 Å². The highest BCUT2D eigenvalue weighted by molar-refractivity contribution is 5.15. The van der Waals surface area contributed by atoms with E-state index in [-0.39, 0.29) is 0 Å². The molecule has 0 amide bonds. The average Bonchev–Trinajstić information content (AvgIpc) is 2.83. The number of nitrogens with zero attached hydrogens (tertiary/aromatic N) is 1. The van der Waals surface area contributed by atoms with Gasteiger partial charge in [0.1, 0.15) is 0 Å². The summed E-state index contributed by atoms with van der Waals surface area (Å²) in [5, 5.41) is 3.49. The lowest BCUT2D eigenvalue weighted by Crippen LogP contribution is -2.18. The van der Waals surface area contributed by atoms with Crippen LogP contribution in [0, 0.1) is 0 Å². The molecule has 0 aliphatic carbocycles. The van der Waals surface area contributed by atoms with Crippen LogP contribution in [0.15, 0.2) is 48.7 Å². The average molecular weight is 228 g/mol. The van der Waals surface area contributed by atoms with Gasteiger partial charge in [-0.3, -0.25) is 0 Å². The van der Waals surface area contributed by atoms with Crippen molar-refractivity contribution >= 4 is 0 Å². The second-order valence-corrected chi connectivity index (χ2v) is 4.20. The number of nitrogens with one attached hydrogen (secondary N) is 1. The van der Waals surface area contributed by atoms with Crippen molar-refractivity contribution in [3.8, 4) is 0 Å². The molecule has 0 bridgehead atoms. The summed E-state index contributed by atoms with van der Waals surface area (Å²) in [6, 6.07) is 14.9. The minimum atomic E-state index is 0.952. The number of rotatable bonds is 6. The summed E-state index contributed by atoms with van der Waals surface area (Å²) in [4.78, 5) is 0. The third-order valence-electron chi connectivity index (χ3n) is 3.00. The maximum Gasteiger partial charge on any atom is 0.0359 e. The van der Waals surface area contributed by atoms with Gasteiger partial charge >= 0.3 is 0 Å². The fourth-order valence-corrected chi connectivity index (χ4v) is 2.01. The molecule has 1 aromatic heterocycles. The van der Waals surface area contributed by atoms with E-state index in [1.54, 1.807) is 0 Å². The highest BCUT2D eigenvalue weighted by atomic mass is 15.0. The van der Waals surface area contributed by atoms with E-state index < -0.39 is 0 Å². The Balaban J connectivity index is 1.73. The molecular formula is C15H20N2. The summed E-state index contributed by atoms with van der Waals surface area (Å²) in [6.07, 6.45) is 3.22. The molecule has 1 aromatic carbocycles. The van der Waals surface area contributed by atoms with E-state index in [0.29, 0.717) is 0 Å². The Morgan fingerprint density at radius 3 is 2.65 bits per heavy atom. The largest absolute Gasteiger partial charge is 0.351 e. The lowest BCUT2D eigenvalue weighted by molar-refractivity contribution is 0.628. The molecule has 0 spiro atoms. The molecule has 0 saturated heterocycles. The van der Waals surface area contributed by atoms with Gasteiger partial charge in [0.2, 0.25) is 0 Å². The summed E-state index contributed by atoms with van der Waals surface area (Å²) < 4.78 is 2.27. The molecule has 2 rings (SSSR count). The molecule has 0 radical (unpaired) electrons. The number of aromatic nitrogens is 1. The number of benzene rings is 1. The lowest BCUT2D eigenvalue weighted by Gasteiger charge is -2.08. The van der Waals surface area contributed by atoms with Gasteiger partial charge in [-0.25, -0.2) is 0 Å². The predicted molar refractivity (Wildman–Crippen MR) is 72.0 cm³/mol. The van der Waals surface area contributed by atoms with E-state index >= 15 is 0 Å². The first-order valence-electron chi connectivity index (χ1n) is 6.29.